The molecule has 0 spiro atoms. The topological polar surface area (TPSA) is 90.2 Å². The summed E-state index contributed by atoms with van der Waals surface area (Å²) in [5, 5.41) is 16.4. The van der Waals surface area contributed by atoms with E-state index in [1.807, 2.05) is 17.0 Å². The van der Waals surface area contributed by atoms with Gasteiger partial charge < -0.3 is 20.2 Å². The summed E-state index contributed by atoms with van der Waals surface area (Å²) in [6.07, 6.45) is 4.96. The van der Waals surface area contributed by atoms with E-state index in [4.69, 9.17) is 5.11 Å². The molecule has 4 heterocycles. The zero-order valence-corrected chi connectivity index (χ0v) is 18.5. The molecule has 3 aromatic rings. The molecule has 2 N–H and O–H groups in total. The van der Waals surface area contributed by atoms with E-state index < -0.39 is 17.7 Å². The van der Waals surface area contributed by atoms with Gasteiger partial charge in [-0.3, -0.25) is 4.79 Å². The smallest absolute Gasteiger partial charge is 0.407 e. The Hall–Kier alpha value is -3.69. The van der Waals surface area contributed by atoms with Gasteiger partial charge in [0.05, 0.1) is 23.3 Å². The number of fused-ring (bicyclic) bond motifs is 1. The Morgan fingerprint density at radius 2 is 1.85 bits per heavy atom. The van der Waals surface area contributed by atoms with Gasteiger partial charge in [-0.2, -0.15) is 5.10 Å². The molecule has 0 bridgehead atoms. The van der Waals surface area contributed by atoms with E-state index in [9.17, 15) is 18.4 Å². The molecular weight excluding hydrogens is 444 g/mol. The lowest BCUT2D eigenvalue weighted by molar-refractivity contribution is 0.0909. The number of carbonyl (C=O) groups excluding carboxylic acids is 1. The Bertz CT molecular complexity index is 1240. The van der Waals surface area contributed by atoms with Gasteiger partial charge in [0.25, 0.3) is 5.91 Å². The number of nitrogens with zero attached hydrogens (tertiary/aromatic N) is 4. The van der Waals surface area contributed by atoms with Crippen molar-refractivity contribution in [2.24, 2.45) is 0 Å². The summed E-state index contributed by atoms with van der Waals surface area (Å²) in [6.45, 7) is 1.45. The fourth-order valence-electron chi connectivity index (χ4n) is 4.97. The molecule has 0 radical (unpaired) electrons. The monoisotopic (exact) mass is 469 g/mol. The first-order valence-electron chi connectivity index (χ1n) is 11.4. The SMILES string of the molecule is O=C(NC1CCN(C(=O)O)CC1)c1cnn2ccc(N3CCCC3c3cc(F)ccc3F)cc12. The predicted octanol–water partition coefficient (Wildman–Crippen LogP) is 3.83. The lowest BCUT2D eigenvalue weighted by atomic mass is 10.0. The molecule has 2 aromatic heterocycles. The Labute approximate surface area is 194 Å². The number of benzene rings is 1. The van der Waals surface area contributed by atoms with Gasteiger partial charge in [-0.25, -0.2) is 18.1 Å². The summed E-state index contributed by atoms with van der Waals surface area (Å²) in [4.78, 5) is 27.5. The number of halogens is 2. The van der Waals surface area contributed by atoms with E-state index in [1.54, 1.807) is 10.7 Å². The second-order valence-electron chi connectivity index (χ2n) is 8.81. The van der Waals surface area contributed by atoms with Crippen molar-refractivity contribution in [3.63, 3.8) is 0 Å². The zero-order valence-electron chi connectivity index (χ0n) is 18.5. The summed E-state index contributed by atoms with van der Waals surface area (Å²) in [5.74, 6) is -1.17. The van der Waals surface area contributed by atoms with Gasteiger partial charge in [0.15, 0.2) is 0 Å². The largest absolute Gasteiger partial charge is 0.465 e. The minimum atomic E-state index is -0.946. The van der Waals surface area contributed by atoms with Crippen molar-refractivity contribution in [1.82, 2.24) is 19.8 Å². The number of carbonyl (C=O) groups is 2. The van der Waals surface area contributed by atoms with Crippen molar-refractivity contribution in [1.29, 1.82) is 0 Å². The number of carboxylic acid groups (broad SMARTS) is 1. The molecule has 2 aliphatic rings. The minimum absolute atomic E-state index is 0.111. The lowest BCUT2D eigenvalue weighted by Crippen LogP contribution is -2.46. The lowest BCUT2D eigenvalue weighted by Gasteiger charge is -2.30. The standard InChI is InChI=1S/C24H25F2N5O3/c25-15-3-4-20(26)18(12-15)21-2-1-8-30(21)17-7-11-31-22(13-17)19(14-27-31)23(32)28-16-5-9-29(10-6-16)24(33)34/h3-4,7,11-14,16,21H,1-2,5-6,8-10H2,(H,28,32)(H,33,34). The van der Waals surface area contributed by atoms with Crippen molar-refractivity contribution in [3.8, 4) is 0 Å². The number of pyridine rings is 1. The van der Waals surface area contributed by atoms with Crippen molar-refractivity contribution in [3.05, 3.63) is 65.5 Å². The normalized spacial score (nSPS) is 19.1. The molecule has 1 atom stereocenters. The van der Waals surface area contributed by atoms with Crippen molar-refractivity contribution in [2.75, 3.05) is 24.5 Å². The summed E-state index contributed by atoms with van der Waals surface area (Å²) in [5.41, 5.74) is 2.16. The average molecular weight is 469 g/mol. The highest BCUT2D eigenvalue weighted by atomic mass is 19.1. The van der Waals surface area contributed by atoms with Crippen LogP contribution >= 0.6 is 0 Å². The number of hydrogen-bond donors (Lipinski definition) is 2. The van der Waals surface area contributed by atoms with E-state index in [1.165, 1.54) is 17.2 Å². The molecule has 0 aliphatic carbocycles. The van der Waals surface area contributed by atoms with Gasteiger partial charge in [-0.1, -0.05) is 0 Å². The molecular formula is C24H25F2N5O3. The van der Waals surface area contributed by atoms with Crippen molar-refractivity contribution < 1.29 is 23.5 Å². The van der Waals surface area contributed by atoms with Crippen LogP contribution < -0.4 is 10.2 Å². The third-order valence-corrected chi connectivity index (χ3v) is 6.75. The molecule has 0 saturated carbocycles. The van der Waals surface area contributed by atoms with Crippen LogP contribution in [0.4, 0.5) is 19.3 Å². The van der Waals surface area contributed by atoms with Gasteiger partial charge in [-0.05, 0) is 56.0 Å². The Morgan fingerprint density at radius 1 is 1.06 bits per heavy atom. The molecule has 2 saturated heterocycles. The van der Waals surface area contributed by atoms with Gasteiger partial charge in [0.2, 0.25) is 0 Å². The van der Waals surface area contributed by atoms with Crippen molar-refractivity contribution >= 4 is 23.2 Å². The van der Waals surface area contributed by atoms with Crippen LogP contribution in [-0.4, -0.2) is 57.3 Å². The van der Waals surface area contributed by atoms with E-state index in [2.05, 4.69) is 10.4 Å². The molecule has 2 amide bonds. The number of hydrogen-bond acceptors (Lipinski definition) is 4. The molecule has 8 nitrogen and oxygen atoms in total. The molecule has 2 aliphatic heterocycles. The highest BCUT2D eigenvalue weighted by molar-refractivity contribution is 6.01. The number of amides is 2. The maximum absolute atomic E-state index is 14.5. The first-order chi connectivity index (χ1) is 16.4. The van der Waals surface area contributed by atoms with Crippen LogP contribution in [0.5, 0.6) is 0 Å². The number of anilines is 1. The second kappa shape index (κ2) is 8.92. The fraction of sp³-hybridized carbons (Fsp3) is 0.375. The summed E-state index contributed by atoms with van der Waals surface area (Å²) in [6, 6.07) is 6.84. The zero-order chi connectivity index (χ0) is 23.8. The van der Waals surface area contributed by atoms with Crippen LogP contribution in [-0.2, 0) is 0 Å². The number of aromatic nitrogens is 2. The third kappa shape index (κ3) is 4.15. The van der Waals surface area contributed by atoms with Crippen LogP contribution in [0.15, 0.2) is 42.7 Å². The van der Waals surface area contributed by atoms with Crippen molar-refractivity contribution in [2.45, 2.75) is 37.8 Å². The molecule has 1 unspecified atom stereocenters. The van der Waals surface area contributed by atoms with E-state index in [-0.39, 0.29) is 18.0 Å². The Morgan fingerprint density at radius 3 is 2.62 bits per heavy atom. The minimum Gasteiger partial charge on any atom is -0.465 e. The number of piperidine rings is 1. The molecule has 34 heavy (non-hydrogen) atoms. The quantitative estimate of drug-likeness (QED) is 0.606. The molecule has 5 rings (SSSR count). The molecule has 1 aromatic carbocycles. The van der Waals surface area contributed by atoms with Crippen LogP contribution in [0, 0.1) is 11.6 Å². The van der Waals surface area contributed by atoms with Gasteiger partial charge in [0.1, 0.15) is 11.6 Å². The van der Waals surface area contributed by atoms with Gasteiger partial charge in [-0.15, -0.1) is 0 Å². The predicted molar refractivity (Wildman–Crippen MR) is 121 cm³/mol. The van der Waals surface area contributed by atoms with E-state index >= 15 is 0 Å². The van der Waals surface area contributed by atoms with E-state index in [0.717, 1.165) is 24.2 Å². The van der Waals surface area contributed by atoms with Gasteiger partial charge >= 0.3 is 6.09 Å². The second-order valence-corrected chi connectivity index (χ2v) is 8.81. The highest BCUT2D eigenvalue weighted by Gasteiger charge is 2.30. The Balaban J connectivity index is 1.37. The first kappa shape index (κ1) is 22.1. The number of likely N-dealkylation sites (tertiary alicyclic amines) is 1. The Kier molecular flexibility index (Phi) is 5.80. The maximum Gasteiger partial charge on any atom is 0.407 e. The number of nitrogens with one attached hydrogen (secondary N) is 1. The van der Waals surface area contributed by atoms with Crippen LogP contribution in [0.3, 0.4) is 0 Å². The van der Waals surface area contributed by atoms with Crippen LogP contribution in [0.1, 0.15) is 47.6 Å². The summed E-state index contributed by atoms with van der Waals surface area (Å²) < 4.78 is 29.9. The average Bonchev–Trinajstić information content (AvgIpc) is 3.48. The third-order valence-electron chi connectivity index (χ3n) is 6.75. The number of rotatable bonds is 4. The van der Waals surface area contributed by atoms with Gasteiger partial charge in [0, 0.05) is 43.1 Å². The fourth-order valence-corrected chi connectivity index (χ4v) is 4.97. The summed E-state index contributed by atoms with van der Waals surface area (Å²) >= 11 is 0. The molecule has 2 fully saturated rings. The van der Waals surface area contributed by atoms with Crippen LogP contribution in [0.2, 0.25) is 0 Å². The maximum atomic E-state index is 14.5. The highest BCUT2D eigenvalue weighted by Crippen LogP contribution is 2.38. The first-order valence-corrected chi connectivity index (χ1v) is 11.4. The molecule has 10 heteroatoms. The summed E-state index contributed by atoms with van der Waals surface area (Å²) in [7, 11) is 0. The molecule has 178 valence electrons. The van der Waals surface area contributed by atoms with E-state index in [0.29, 0.717) is 55.5 Å². The van der Waals surface area contributed by atoms with Crippen LogP contribution in [0.25, 0.3) is 5.52 Å².